The number of hydrogen-bond donors (Lipinski definition) is 2. The summed E-state index contributed by atoms with van der Waals surface area (Å²) in [6.45, 7) is 11.6. The topological polar surface area (TPSA) is 83.4 Å². The van der Waals surface area contributed by atoms with E-state index < -0.39 is 11.6 Å². The molecular weight excluding hydrogens is 550 g/mol. The summed E-state index contributed by atoms with van der Waals surface area (Å²) >= 11 is 0. The lowest BCUT2D eigenvalue weighted by Crippen LogP contribution is -2.39. The number of anilines is 1. The summed E-state index contributed by atoms with van der Waals surface area (Å²) in [7, 11) is 0. The molecule has 0 bridgehead atoms. The maximum absolute atomic E-state index is 15.5. The van der Waals surface area contributed by atoms with Gasteiger partial charge in [0.2, 0.25) is 11.8 Å². The third-order valence-electron chi connectivity index (χ3n) is 9.17. The zero-order chi connectivity index (χ0) is 30.9. The number of benzene rings is 2. The van der Waals surface area contributed by atoms with Crippen molar-refractivity contribution in [1.29, 1.82) is 0 Å². The standard InChI is InChI=1S/C34H42F2N4O3/c1-5-39(6-2)14-13-37-33(43)21-7-10-24(11-8-21)38-28-16-22(15-27(36)26(28)20-41)32-25-12-9-23(35)17-29(25)40-30(32)18-34(3,4)19-31(40)42/h9,12,15-17,20-21,24,38H,5-8,10-11,13-14,18-19H2,1-4H3,(H,37,43)/t21-,24-. The van der Waals surface area contributed by atoms with Crippen LogP contribution in [0.25, 0.3) is 22.0 Å². The molecule has 9 heteroatoms. The van der Waals surface area contributed by atoms with Crippen molar-refractivity contribution >= 4 is 34.7 Å². The number of carbonyl (C=O) groups excluding carboxylic acids is 3. The van der Waals surface area contributed by atoms with Gasteiger partial charge in [-0.15, -0.1) is 0 Å². The Bertz CT molecular complexity index is 1530. The van der Waals surface area contributed by atoms with Gasteiger partial charge in [-0.2, -0.15) is 0 Å². The quantitative estimate of drug-likeness (QED) is 0.265. The summed E-state index contributed by atoms with van der Waals surface area (Å²) in [6, 6.07) is 7.41. The normalized spacial score (nSPS) is 19.8. The maximum atomic E-state index is 15.5. The highest BCUT2D eigenvalue weighted by Crippen LogP contribution is 2.44. The first-order chi connectivity index (χ1) is 20.5. The lowest BCUT2D eigenvalue weighted by molar-refractivity contribution is -0.126. The first-order valence-electron chi connectivity index (χ1n) is 15.5. The van der Waals surface area contributed by atoms with Crippen LogP contribution in [-0.2, 0) is 11.2 Å². The molecule has 0 saturated heterocycles. The van der Waals surface area contributed by atoms with Crippen molar-refractivity contribution in [2.75, 3.05) is 31.5 Å². The molecule has 0 radical (unpaired) electrons. The Morgan fingerprint density at radius 1 is 1.07 bits per heavy atom. The molecule has 0 atom stereocenters. The average Bonchev–Trinajstić information content (AvgIpc) is 3.27. The van der Waals surface area contributed by atoms with E-state index in [4.69, 9.17) is 0 Å². The molecule has 1 aliphatic heterocycles. The highest BCUT2D eigenvalue weighted by atomic mass is 19.1. The second-order valence-electron chi connectivity index (χ2n) is 12.8. The fraction of sp³-hybridized carbons (Fsp3) is 0.500. The van der Waals surface area contributed by atoms with E-state index in [1.807, 2.05) is 13.8 Å². The zero-order valence-electron chi connectivity index (χ0n) is 25.6. The third-order valence-corrected chi connectivity index (χ3v) is 9.17. The van der Waals surface area contributed by atoms with E-state index >= 15 is 4.39 Å². The van der Waals surface area contributed by atoms with E-state index in [9.17, 15) is 18.8 Å². The largest absolute Gasteiger partial charge is 0.382 e. The molecule has 0 unspecified atom stereocenters. The van der Waals surface area contributed by atoms with E-state index in [0.717, 1.165) is 25.3 Å². The van der Waals surface area contributed by atoms with Crippen LogP contribution in [0.1, 0.15) is 80.6 Å². The van der Waals surface area contributed by atoms with E-state index in [-0.39, 0.29) is 34.8 Å². The van der Waals surface area contributed by atoms with E-state index in [2.05, 4.69) is 29.4 Å². The van der Waals surface area contributed by atoms with Crippen LogP contribution in [0.3, 0.4) is 0 Å². The Labute approximate surface area is 252 Å². The molecule has 2 heterocycles. The number of carbonyl (C=O) groups is 3. The highest BCUT2D eigenvalue weighted by Gasteiger charge is 2.36. The first-order valence-corrected chi connectivity index (χ1v) is 15.5. The Balaban J connectivity index is 1.39. The molecule has 1 aromatic heterocycles. The van der Waals surface area contributed by atoms with Gasteiger partial charge in [0.25, 0.3) is 0 Å². The number of aldehydes is 1. The van der Waals surface area contributed by atoms with Crippen molar-refractivity contribution in [3.05, 3.63) is 53.2 Å². The number of likely N-dealkylation sites (N-methyl/N-ethyl adjacent to an activating group) is 1. The second-order valence-corrected chi connectivity index (χ2v) is 12.8. The smallest absolute Gasteiger partial charge is 0.231 e. The molecule has 5 rings (SSSR count). The fourth-order valence-corrected chi connectivity index (χ4v) is 6.84. The number of nitrogens with zero attached hydrogens (tertiary/aromatic N) is 2. The van der Waals surface area contributed by atoms with Crippen molar-refractivity contribution in [1.82, 2.24) is 14.8 Å². The van der Waals surface area contributed by atoms with Gasteiger partial charge in [0.05, 0.1) is 11.1 Å². The van der Waals surface area contributed by atoms with Crippen LogP contribution >= 0.6 is 0 Å². The predicted molar refractivity (Wildman–Crippen MR) is 166 cm³/mol. The monoisotopic (exact) mass is 592 g/mol. The van der Waals surface area contributed by atoms with Crippen molar-refractivity contribution in [2.24, 2.45) is 11.3 Å². The Hall–Kier alpha value is -3.59. The van der Waals surface area contributed by atoms with Crippen LogP contribution in [0, 0.1) is 23.0 Å². The molecule has 1 amide bonds. The van der Waals surface area contributed by atoms with Gasteiger partial charge in [-0.05, 0) is 86.5 Å². The van der Waals surface area contributed by atoms with E-state index in [1.165, 1.54) is 18.2 Å². The summed E-state index contributed by atoms with van der Waals surface area (Å²) in [5, 5.41) is 7.13. The molecule has 1 aliphatic carbocycles. The van der Waals surface area contributed by atoms with Gasteiger partial charge >= 0.3 is 0 Å². The number of aromatic nitrogens is 1. The lowest BCUT2D eigenvalue weighted by Gasteiger charge is -2.31. The van der Waals surface area contributed by atoms with Crippen LogP contribution in [0.2, 0.25) is 0 Å². The third kappa shape index (κ3) is 6.37. The van der Waals surface area contributed by atoms with Crippen LogP contribution in [0.5, 0.6) is 0 Å². The van der Waals surface area contributed by atoms with Crippen molar-refractivity contribution in [2.45, 2.75) is 72.3 Å². The number of nitrogens with one attached hydrogen (secondary N) is 2. The molecule has 2 aromatic carbocycles. The number of amides is 1. The molecular formula is C34H42F2N4O3. The molecule has 7 nitrogen and oxygen atoms in total. The molecule has 2 N–H and O–H groups in total. The average molecular weight is 593 g/mol. The number of fused-ring (bicyclic) bond motifs is 3. The summed E-state index contributed by atoms with van der Waals surface area (Å²) in [4.78, 5) is 40.3. The lowest BCUT2D eigenvalue weighted by atomic mass is 9.80. The van der Waals surface area contributed by atoms with Crippen LogP contribution < -0.4 is 10.6 Å². The van der Waals surface area contributed by atoms with Gasteiger partial charge in [-0.25, -0.2) is 8.78 Å². The minimum atomic E-state index is -0.659. The maximum Gasteiger partial charge on any atom is 0.231 e. The van der Waals surface area contributed by atoms with Crippen LogP contribution in [-0.4, -0.2) is 59.8 Å². The summed E-state index contributed by atoms with van der Waals surface area (Å²) in [6.07, 6.45) is 4.23. The Morgan fingerprint density at radius 2 is 1.79 bits per heavy atom. The molecule has 2 aliphatic rings. The van der Waals surface area contributed by atoms with Gasteiger partial charge in [0, 0.05) is 53.8 Å². The number of halogens is 2. The molecule has 3 aromatic rings. The van der Waals surface area contributed by atoms with Crippen LogP contribution in [0.4, 0.5) is 14.5 Å². The van der Waals surface area contributed by atoms with Gasteiger partial charge < -0.3 is 15.5 Å². The molecule has 230 valence electrons. The Kier molecular flexibility index (Phi) is 9.02. The Morgan fingerprint density at radius 3 is 2.47 bits per heavy atom. The van der Waals surface area contributed by atoms with Gasteiger partial charge in [-0.1, -0.05) is 27.7 Å². The first kappa shape index (κ1) is 30.9. The summed E-state index contributed by atoms with van der Waals surface area (Å²) in [5.74, 6) is -1.22. The minimum Gasteiger partial charge on any atom is -0.382 e. The summed E-state index contributed by atoms with van der Waals surface area (Å²) in [5.41, 5.74) is 2.41. The SMILES string of the molecule is CCN(CC)CCNC(=O)[C@H]1CC[C@H](Nc2cc(-c3c4n(c5cc(F)ccc35)C(=O)CC(C)(C)C4)cc(F)c2C=O)CC1. The number of rotatable bonds is 10. The highest BCUT2D eigenvalue weighted by molar-refractivity contribution is 6.05. The molecule has 0 spiro atoms. The van der Waals surface area contributed by atoms with Gasteiger partial charge in [0.1, 0.15) is 11.6 Å². The fourth-order valence-electron chi connectivity index (χ4n) is 6.84. The minimum absolute atomic E-state index is 0.0256. The van der Waals surface area contributed by atoms with Crippen LogP contribution in [0.15, 0.2) is 30.3 Å². The number of hydrogen-bond acceptors (Lipinski definition) is 5. The predicted octanol–water partition coefficient (Wildman–Crippen LogP) is 6.44. The van der Waals surface area contributed by atoms with Gasteiger partial charge in [0.15, 0.2) is 6.29 Å². The van der Waals surface area contributed by atoms with Gasteiger partial charge in [-0.3, -0.25) is 19.0 Å². The molecule has 1 saturated carbocycles. The van der Waals surface area contributed by atoms with Crippen molar-refractivity contribution in [3.63, 3.8) is 0 Å². The zero-order valence-corrected chi connectivity index (χ0v) is 25.6. The van der Waals surface area contributed by atoms with Crippen molar-refractivity contribution in [3.8, 4) is 11.1 Å². The van der Waals surface area contributed by atoms with Crippen molar-refractivity contribution < 1.29 is 23.2 Å². The molecule has 1 fully saturated rings. The second kappa shape index (κ2) is 12.6. The molecule has 43 heavy (non-hydrogen) atoms. The van der Waals surface area contributed by atoms with E-state index in [0.29, 0.717) is 79.1 Å². The van der Waals surface area contributed by atoms with E-state index in [1.54, 1.807) is 16.7 Å². The summed E-state index contributed by atoms with van der Waals surface area (Å²) < 4.78 is 31.4.